The summed E-state index contributed by atoms with van der Waals surface area (Å²) in [5.74, 6) is 0.363. The number of pyridine rings is 1. The topological polar surface area (TPSA) is 124 Å². The zero-order chi connectivity index (χ0) is 25.4. The summed E-state index contributed by atoms with van der Waals surface area (Å²) in [7, 11) is -0.795. The number of fused-ring (bicyclic) bond motifs is 1. The molecule has 0 bridgehead atoms. The van der Waals surface area contributed by atoms with Crippen LogP contribution in [-0.2, 0) is 15.3 Å². The lowest BCUT2D eigenvalue weighted by Gasteiger charge is -2.32. The molecule has 3 aromatic rings. The fourth-order valence-electron chi connectivity index (χ4n) is 4.18. The van der Waals surface area contributed by atoms with Gasteiger partial charge >= 0.3 is 10.5 Å². The molecule has 1 aliphatic heterocycles. The van der Waals surface area contributed by atoms with Crippen LogP contribution in [-0.4, -0.2) is 73.6 Å². The second-order valence-corrected chi connectivity index (χ2v) is 8.92. The van der Waals surface area contributed by atoms with Crippen molar-refractivity contribution in [2.75, 3.05) is 33.3 Å². The van der Waals surface area contributed by atoms with Crippen LogP contribution in [0, 0.1) is 11.7 Å². The van der Waals surface area contributed by atoms with Crippen molar-refractivity contribution >= 4 is 27.2 Å². The summed E-state index contributed by atoms with van der Waals surface area (Å²) >= 11 is 0. The molecule has 0 radical (unpaired) electrons. The van der Waals surface area contributed by atoms with E-state index < -0.39 is 10.5 Å². The number of aliphatic hydroxyl groups is 1. The predicted octanol–water partition coefficient (Wildman–Crippen LogP) is 2.82. The molecular weight excluding hydrogens is 468 g/mol. The number of β-amino-alcohol motifs (C(OH)–C–C–N with tert-alkyl or cyclic N) is 1. The predicted molar refractivity (Wildman–Crippen MR) is 133 cm³/mol. The molecule has 186 valence electrons. The van der Waals surface area contributed by atoms with Gasteiger partial charge in [-0.1, -0.05) is 48.5 Å². The number of hydrogen-bond donors (Lipinski definition) is 2. The number of nitrogens with zero attached hydrogens (tertiary/aromatic N) is 3. The molecule has 1 unspecified atom stereocenters. The lowest BCUT2D eigenvalue weighted by molar-refractivity contribution is -0.134. The van der Waals surface area contributed by atoms with Gasteiger partial charge in [-0.05, 0) is 35.9 Å². The van der Waals surface area contributed by atoms with Crippen molar-refractivity contribution in [3.05, 3.63) is 71.9 Å². The van der Waals surface area contributed by atoms with Gasteiger partial charge in [0, 0.05) is 38.3 Å². The van der Waals surface area contributed by atoms with Gasteiger partial charge in [-0.25, -0.2) is 4.98 Å². The van der Waals surface area contributed by atoms with Gasteiger partial charge in [-0.2, -0.15) is 13.2 Å². The lowest BCUT2D eigenvalue weighted by atomic mass is 10.0. The third-order valence-corrected chi connectivity index (χ3v) is 6.01. The number of likely N-dealkylation sites (tertiary alicyclic amines) is 1. The van der Waals surface area contributed by atoms with Crippen LogP contribution in [0.3, 0.4) is 0 Å². The standard InChI is InChI=1S/C25H29N3O3.HNO2S/c1-18-14-26-25(22-11-7-6-10-21(18)22)31-17-24(30)27(2)23(19-8-4-3-5-9-19)16-28-13-12-20(29)15-28;1-4(2)3/h3-11,14,20,23,29H,12-13,15-17H2,1-2H3;1H/t20-,23?;/m0./s1. The largest absolute Gasteiger partial charge is 0.467 e. The highest BCUT2D eigenvalue weighted by molar-refractivity contribution is 7.60. The van der Waals surface area contributed by atoms with Crippen LogP contribution in [0.2, 0.25) is 0 Å². The molecule has 1 amide bonds. The van der Waals surface area contributed by atoms with Crippen molar-refractivity contribution in [2.24, 2.45) is 0 Å². The van der Waals surface area contributed by atoms with Crippen molar-refractivity contribution in [3.63, 3.8) is 0 Å². The Hall–Kier alpha value is -3.34. The minimum absolute atomic E-state index is 0.0808. The van der Waals surface area contributed by atoms with Crippen LogP contribution in [0.25, 0.3) is 10.8 Å². The number of carbonyl (C=O) groups excluding carboxylic acids is 1. The van der Waals surface area contributed by atoms with Crippen molar-refractivity contribution in [1.29, 1.82) is 4.78 Å². The second-order valence-electron chi connectivity index (χ2n) is 8.45. The number of aryl methyl sites for hydroxylation is 1. The normalized spacial score (nSPS) is 16.3. The third kappa shape index (κ3) is 7.32. The number of amides is 1. The number of carbonyl (C=O) groups is 1. The summed E-state index contributed by atoms with van der Waals surface area (Å²) in [4.78, 5) is 21.4. The molecular formula is C25H30N4O5S. The zero-order valence-electron chi connectivity index (χ0n) is 19.8. The number of aromatic nitrogens is 1. The SMILES string of the molecule is Cc1cnc(OCC(=O)N(C)C(CN2CC[C@H](O)C2)c2ccccc2)c2ccccc12.N=S(=O)=O. The van der Waals surface area contributed by atoms with Gasteiger partial charge in [0.25, 0.3) is 5.91 Å². The first kappa shape index (κ1) is 26.3. The van der Waals surface area contributed by atoms with E-state index in [-0.39, 0.29) is 24.7 Å². The minimum atomic E-state index is -2.61. The number of ether oxygens (including phenoxy) is 1. The van der Waals surface area contributed by atoms with Crippen molar-refractivity contribution < 1.29 is 23.1 Å². The maximum absolute atomic E-state index is 13.1. The Morgan fingerprint density at radius 2 is 1.83 bits per heavy atom. The number of aliphatic hydroxyl groups excluding tert-OH is 1. The zero-order valence-corrected chi connectivity index (χ0v) is 20.6. The number of benzene rings is 2. The Morgan fingerprint density at radius 3 is 2.46 bits per heavy atom. The van der Waals surface area contributed by atoms with Gasteiger partial charge in [-0.3, -0.25) is 9.69 Å². The average Bonchev–Trinajstić information content (AvgIpc) is 3.26. The molecule has 0 spiro atoms. The van der Waals surface area contributed by atoms with Crippen molar-refractivity contribution in [1.82, 2.24) is 14.8 Å². The Labute approximate surface area is 206 Å². The maximum Gasteiger partial charge on any atom is 0.308 e. The molecule has 10 heteroatoms. The highest BCUT2D eigenvalue weighted by atomic mass is 32.2. The molecule has 0 aliphatic carbocycles. The summed E-state index contributed by atoms with van der Waals surface area (Å²) in [6.45, 7) is 4.08. The average molecular weight is 499 g/mol. The summed E-state index contributed by atoms with van der Waals surface area (Å²) in [5.41, 5.74) is 2.14. The Morgan fingerprint density at radius 1 is 1.20 bits per heavy atom. The Balaban J connectivity index is 0.000000795. The van der Waals surface area contributed by atoms with Gasteiger partial charge in [0.2, 0.25) is 5.88 Å². The van der Waals surface area contributed by atoms with E-state index >= 15 is 0 Å². The molecule has 0 saturated carbocycles. The molecule has 2 atom stereocenters. The fourth-order valence-corrected chi connectivity index (χ4v) is 4.18. The highest BCUT2D eigenvalue weighted by Gasteiger charge is 2.28. The number of rotatable bonds is 7. The van der Waals surface area contributed by atoms with Crippen LogP contribution in [0.4, 0.5) is 0 Å². The Kier molecular flexibility index (Phi) is 9.30. The molecule has 1 aliphatic rings. The maximum atomic E-state index is 13.1. The van der Waals surface area contributed by atoms with Crippen molar-refractivity contribution in [3.8, 4) is 5.88 Å². The van der Waals surface area contributed by atoms with Crippen LogP contribution in [0.5, 0.6) is 5.88 Å². The van der Waals surface area contributed by atoms with E-state index in [2.05, 4.69) is 9.88 Å². The number of nitrogens with one attached hydrogen (secondary N) is 1. The summed E-state index contributed by atoms with van der Waals surface area (Å²) < 4.78 is 28.7. The lowest BCUT2D eigenvalue weighted by Crippen LogP contribution is -2.41. The smallest absolute Gasteiger partial charge is 0.308 e. The van der Waals surface area contributed by atoms with E-state index in [1.54, 1.807) is 11.1 Å². The van der Waals surface area contributed by atoms with E-state index in [0.717, 1.165) is 34.9 Å². The number of hydrogen-bond acceptors (Lipinski definition) is 8. The number of likely N-dealkylation sites (N-methyl/N-ethyl adjacent to an activating group) is 1. The summed E-state index contributed by atoms with van der Waals surface area (Å²) in [6, 6.07) is 17.8. The first-order valence-electron chi connectivity index (χ1n) is 11.2. The molecule has 1 fully saturated rings. The van der Waals surface area contributed by atoms with Crippen LogP contribution in [0.15, 0.2) is 60.8 Å². The minimum Gasteiger partial charge on any atom is -0.467 e. The van der Waals surface area contributed by atoms with Crippen LogP contribution in [0.1, 0.15) is 23.6 Å². The monoisotopic (exact) mass is 498 g/mol. The fraction of sp³-hybridized carbons (Fsp3) is 0.360. The molecule has 35 heavy (non-hydrogen) atoms. The van der Waals surface area contributed by atoms with Gasteiger partial charge in [0.05, 0.1) is 12.1 Å². The Bertz CT molecular complexity index is 1250. The summed E-state index contributed by atoms with van der Waals surface area (Å²) in [5, 5.41) is 11.9. The van der Waals surface area contributed by atoms with Gasteiger partial charge < -0.3 is 14.7 Å². The second kappa shape index (κ2) is 12.4. The quantitative estimate of drug-likeness (QED) is 0.513. The van der Waals surface area contributed by atoms with E-state index in [1.165, 1.54) is 0 Å². The van der Waals surface area contributed by atoms with Gasteiger partial charge in [0.1, 0.15) is 0 Å². The van der Waals surface area contributed by atoms with E-state index in [9.17, 15) is 9.90 Å². The van der Waals surface area contributed by atoms with Crippen LogP contribution >= 0.6 is 0 Å². The summed E-state index contributed by atoms with van der Waals surface area (Å²) in [6.07, 6.45) is 2.26. The van der Waals surface area contributed by atoms with Gasteiger partial charge in [0.15, 0.2) is 6.61 Å². The molecule has 1 aromatic heterocycles. The van der Waals surface area contributed by atoms with Crippen LogP contribution < -0.4 is 4.74 Å². The first-order valence-corrected chi connectivity index (χ1v) is 12.3. The third-order valence-electron chi connectivity index (χ3n) is 6.01. The molecule has 2 aromatic carbocycles. The highest BCUT2D eigenvalue weighted by Crippen LogP contribution is 2.26. The molecule has 2 heterocycles. The first-order chi connectivity index (χ1) is 16.8. The van der Waals surface area contributed by atoms with Crippen molar-refractivity contribution in [2.45, 2.75) is 25.5 Å². The van der Waals surface area contributed by atoms with Gasteiger partial charge in [-0.15, -0.1) is 0 Å². The van der Waals surface area contributed by atoms with E-state index in [0.29, 0.717) is 19.0 Å². The van der Waals surface area contributed by atoms with E-state index in [4.69, 9.17) is 17.9 Å². The molecule has 4 rings (SSSR count). The molecule has 1 saturated heterocycles. The molecule has 2 N–H and O–H groups in total. The molecule has 9 nitrogen and oxygen atoms in total. The van der Waals surface area contributed by atoms with E-state index in [1.807, 2.05) is 68.6 Å².